The molecule has 29 heavy (non-hydrogen) atoms. The lowest BCUT2D eigenvalue weighted by molar-refractivity contribution is 0.313. The molecule has 1 fully saturated rings. The first-order valence-electron chi connectivity index (χ1n) is 9.48. The predicted molar refractivity (Wildman–Crippen MR) is 126 cm³/mol. The van der Waals surface area contributed by atoms with Crippen LogP contribution in [0.2, 0.25) is 5.02 Å². The number of allylic oxidation sites excluding steroid dienone is 4. The second kappa shape index (κ2) is 8.35. The van der Waals surface area contributed by atoms with E-state index in [-0.39, 0.29) is 5.92 Å². The Kier molecular flexibility index (Phi) is 6.15. The third-order valence-corrected chi connectivity index (χ3v) is 8.57. The maximum absolute atomic E-state index is 12.2. The van der Waals surface area contributed by atoms with E-state index in [1.807, 2.05) is 12.3 Å². The molecular weight excluding hydrogens is 540 g/mol. The van der Waals surface area contributed by atoms with Gasteiger partial charge in [0.05, 0.1) is 0 Å². The van der Waals surface area contributed by atoms with E-state index >= 15 is 0 Å². The zero-order chi connectivity index (χ0) is 20.8. The predicted octanol–water partition coefficient (Wildman–Crippen LogP) is 5.71. The van der Waals surface area contributed by atoms with Gasteiger partial charge in [-0.15, -0.1) is 0 Å². The van der Waals surface area contributed by atoms with Gasteiger partial charge in [0.2, 0.25) is 10.0 Å². The number of hydrogen-bond donors (Lipinski definition) is 1. The van der Waals surface area contributed by atoms with Gasteiger partial charge >= 0.3 is 0 Å². The molecule has 8 heteroatoms. The van der Waals surface area contributed by atoms with E-state index < -0.39 is 10.0 Å². The van der Waals surface area contributed by atoms with Crippen LogP contribution in [-0.2, 0) is 16.4 Å². The standard InChI is InChI=1S/C21H21Br2ClN2O2S/c1-2-29(27,28)26-7-5-13(6-8-26)20-19-14(10-17(24)11-18(19)23)3-4-15-9-16(22)12-25-21(15)20/h2,9-13,25H,1,3-8H2. The Bertz CT molecular complexity index is 1070. The number of nitrogens with one attached hydrogen (secondary N) is 1. The Morgan fingerprint density at radius 1 is 1.21 bits per heavy atom. The number of dihydropyridines is 1. The molecule has 0 amide bonds. The molecule has 1 aromatic carbocycles. The molecule has 2 aliphatic heterocycles. The Balaban J connectivity index is 1.79. The minimum absolute atomic E-state index is 0.247. The van der Waals surface area contributed by atoms with Crippen LogP contribution in [0.1, 0.15) is 30.4 Å². The van der Waals surface area contributed by atoms with Gasteiger partial charge in [0.1, 0.15) is 0 Å². The average molecular weight is 561 g/mol. The van der Waals surface area contributed by atoms with Crippen LogP contribution in [0.15, 0.2) is 56.6 Å². The summed E-state index contributed by atoms with van der Waals surface area (Å²) >= 11 is 13.7. The molecule has 1 aromatic rings. The number of benzene rings is 1. The fourth-order valence-corrected chi connectivity index (χ4v) is 6.80. The van der Waals surface area contributed by atoms with Crippen molar-refractivity contribution >= 4 is 59.1 Å². The number of fused-ring (bicyclic) bond motifs is 2. The van der Waals surface area contributed by atoms with E-state index in [9.17, 15) is 8.42 Å². The van der Waals surface area contributed by atoms with Gasteiger partial charge in [-0.1, -0.05) is 34.1 Å². The second-order valence-electron chi connectivity index (χ2n) is 7.44. The van der Waals surface area contributed by atoms with Crippen LogP contribution in [0.5, 0.6) is 0 Å². The Labute approximate surface area is 193 Å². The van der Waals surface area contributed by atoms with Gasteiger partial charge in [0.15, 0.2) is 0 Å². The second-order valence-corrected chi connectivity index (χ2v) is 11.5. The highest BCUT2D eigenvalue weighted by Gasteiger charge is 2.33. The Morgan fingerprint density at radius 3 is 2.62 bits per heavy atom. The van der Waals surface area contributed by atoms with Crippen LogP contribution in [0.4, 0.5) is 0 Å². The molecule has 2 heterocycles. The highest BCUT2D eigenvalue weighted by atomic mass is 79.9. The third-order valence-electron chi connectivity index (χ3n) is 5.76. The number of rotatable bonds is 3. The molecule has 0 unspecified atom stereocenters. The molecule has 0 atom stereocenters. The maximum Gasteiger partial charge on any atom is 0.235 e. The van der Waals surface area contributed by atoms with Gasteiger partial charge < -0.3 is 5.32 Å². The normalized spacial score (nSPS) is 20.8. The lowest BCUT2D eigenvalue weighted by atomic mass is 9.82. The highest BCUT2D eigenvalue weighted by Crippen LogP contribution is 2.45. The molecule has 154 valence electrons. The summed E-state index contributed by atoms with van der Waals surface area (Å²) in [6.07, 6.45) is 7.48. The minimum atomic E-state index is -3.38. The first kappa shape index (κ1) is 21.4. The summed E-state index contributed by atoms with van der Waals surface area (Å²) in [6, 6.07) is 4.00. The van der Waals surface area contributed by atoms with Crippen molar-refractivity contribution in [2.75, 3.05) is 13.1 Å². The molecule has 1 aliphatic carbocycles. The highest BCUT2D eigenvalue weighted by molar-refractivity contribution is 9.12. The van der Waals surface area contributed by atoms with E-state index in [0.29, 0.717) is 13.1 Å². The SMILES string of the molecule is C=CS(=O)(=O)N1CCC(C2=C3NC=C(Br)C=C3CCc3cc(Cl)cc(Br)c32)CC1. The molecule has 1 saturated heterocycles. The Hall–Kier alpha value is -0.860. The maximum atomic E-state index is 12.2. The molecule has 0 spiro atoms. The molecule has 4 rings (SSSR count). The molecule has 3 aliphatic rings. The van der Waals surface area contributed by atoms with E-state index in [4.69, 9.17) is 11.6 Å². The van der Waals surface area contributed by atoms with Gasteiger partial charge in [0.25, 0.3) is 0 Å². The summed E-state index contributed by atoms with van der Waals surface area (Å²) < 4.78 is 27.9. The quantitative estimate of drug-likeness (QED) is 0.515. The smallest absolute Gasteiger partial charge is 0.235 e. The van der Waals surface area contributed by atoms with E-state index in [1.165, 1.54) is 26.6 Å². The monoisotopic (exact) mass is 558 g/mol. The molecular formula is C21H21Br2ClN2O2S. The van der Waals surface area contributed by atoms with Crippen LogP contribution in [0, 0.1) is 5.92 Å². The average Bonchev–Trinajstić information content (AvgIpc) is 2.85. The number of halogens is 3. The van der Waals surface area contributed by atoms with Crippen molar-refractivity contribution in [3.63, 3.8) is 0 Å². The lowest BCUT2D eigenvalue weighted by Crippen LogP contribution is -2.38. The van der Waals surface area contributed by atoms with Crippen molar-refractivity contribution < 1.29 is 8.42 Å². The largest absolute Gasteiger partial charge is 0.360 e. The van der Waals surface area contributed by atoms with Gasteiger partial charge in [-0.3, -0.25) is 0 Å². The minimum Gasteiger partial charge on any atom is -0.360 e. The summed E-state index contributed by atoms with van der Waals surface area (Å²) in [4.78, 5) is 0. The lowest BCUT2D eigenvalue weighted by Gasteiger charge is -2.34. The first-order chi connectivity index (χ1) is 13.8. The summed E-state index contributed by atoms with van der Waals surface area (Å²) in [5.41, 5.74) is 6.06. The number of sulfonamides is 1. The van der Waals surface area contributed by atoms with Crippen molar-refractivity contribution in [2.45, 2.75) is 25.7 Å². The summed E-state index contributed by atoms with van der Waals surface area (Å²) in [5, 5.41) is 5.26. The first-order valence-corrected chi connectivity index (χ1v) is 12.9. The number of piperidine rings is 1. The van der Waals surface area contributed by atoms with Crippen LogP contribution < -0.4 is 5.32 Å². The van der Waals surface area contributed by atoms with Gasteiger partial charge in [-0.2, -0.15) is 4.31 Å². The van der Waals surface area contributed by atoms with Gasteiger partial charge in [-0.25, -0.2) is 8.42 Å². The molecule has 0 bridgehead atoms. The fourth-order valence-electron chi connectivity index (χ4n) is 4.39. The molecule has 0 aromatic heterocycles. The zero-order valence-corrected chi connectivity index (χ0v) is 20.5. The van der Waals surface area contributed by atoms with Crippen LogP contribution in [0.25, 0.3) is 5.57 Å². The van der Waals surface area contributed by atoms with Crippen molar-refractivity contribution in [3.8, 4) is 0 Å². The van der Waals surface area contributed by atoms with E-state index in [1.54, 1.807) is 0 Å². The van der Waals surface area contributed by atoms with Crippen LogP contribution in [-0.4, -0.2) is 25.8 Å². The van der Waals surface area contributed by atoms with Crippen molar-refractivity contribution in [2.24, 2.45) is 5.92 Å². The zero-order valence-electron chi connectivity index (χ0n) is 15.7. The topological polar surface area (TPSA) is 49.4 Å². The van der Waals surface area contributed by atoms with E-state index in [2.05, 4.69) is 55.9 Å². The summed E-state index contributed by atoms with van der Waals surface area (Å²) in [7, 11) is -3.38. The Morgan fingerprint density at radius 2 is 1.93 bits per heavy atom. The molecule has 1 N–H and O–H groups in total. The molecule has 0 saturated carbocycles. The summed E-state index contributed by atoms with van der Waals surface area (Å²) in [6.45, 7) is 4.44. The third kappa shape index (κ3) is 4.17. The number of nitrogens with zero attached hydrogens (tertiary/aromatic N) is 1. The van der Waals surface area contributed by atoms with Crippen molar-refractivity contribution in [1.29, 1.82) is 0 Å². The summed E-state index contributed by atoms with van der Waals surface area (Å²) in [5.74, 6) is 0.247. The van der Waals surface area contributed by atoms with Crippen LogP contribution >= 0.6 is 43.5 Å². The fraction of sp³-hybridized carbons (Fsp3) is 0.333. The van der Waals surface area contributed by atoms with Crippen molar-refractivity contribution in [1.82, 2.24) is 9.62 Å². The number of hydrogen-bond acceptors (Lipinski definition) is 3. The van der Waals surface area contributed by atoms with E-state index in [0.717, 1.165) is 50.8 Å². The van der Waals surface area contributed by atoms with Gasteiger partial charge in [0, 0.05) is 44.4 Å². The van der Waals surface area contributed by atoms with Gasteiger partial charge in [-0.05, 0) is 88.0 Å². The number of aryl methyl sites for hydroxylation is 1. The van der Waals surface area contributed by atoms with Crippen LogP contribution in [0.3, 0.4) is 0 Å². The molecule has 0 radical (unpaired) electrons. The van der Waals surface area contributed by atoms with Crippen molar-refractivity contribution in [3.05, 3.63) is 72.8 Å². The molecule has 4 nitrogen and oxygen atoms in total.